The molecule has 1 aromatic rings. The van der Waals surface area contributed by atoms with Crippen LogP contribution in [-0.4, -0.2) is 46.1 Å². The Balaban J connectivity index is 2.35. The van der Waals surface area contributed by atoms with Crippen LogP contribution in [0.5, 0.6) is 0 Å². The molecule has 0 radical (unpaired) electrons. The van der Waals surface area contributed by atoms with E-state index in [0.29, 0.717) is 25.1 Å². The van der Waals surface area contributed by atoms with E-state index in [1.165, 1.54) is 4.90 Å². The molecule has 0 aromatic heterocycles. The summed E-state index contributed by atoms with van der Waals surface area (Å²) in [6.45, 7) is 0.307. The molecule has 1 atom stereocenters. The highest BCUT2D eigenvalue weighted by Crippen LogP contribution is 2.14. The van der Waals surface area contributed by atoms with E-state index in [1.54, 1.807) is 7.05 Å². The molecular formula is C13H18BrNO3S. The first-order chi connectivity index (χ1) is 9.04. The highest BCUT2D eigenvalue weighted by atomic mass is 79.9. The van der Waals surface area contributed by atoms with Crippen molar-refractivity contribution in [2.45, 2.75) is 17.7 Å². The second-order valence-corrected chi connectivity index (χ2v) is 6.63. The van der Waals surface area contributed by atoms with Gasteiger partial charge in [-0.3, -0.25) is 9.00 Å². The number of amides is 1. The third-order valence-corrected chi connectivity index (χ3v) is 4.64. The number of carbonyl (C=O) groups is 1. The first-order valence-electron chi connectivity index (χ1n) is 6.03. The second-order valence-electron chi connectivity index (χ2n) is 4.15. The zero-order valence-electron chi connectivity index (χ0n) is 10.8. The minimum atomic E-state index is -1.07. The fourth-order valence-electron chi connectivity index (χ4n) is 1.52. The quantitative estimate of drug-likeness (QED) is 0.817. The van der Waals surface area contributed by atoms with Crippen LogP contribution in [0.15, 0.2) is 33.6 Å². The number of likely N-dealkylation sites (N-methyl/N-ethyl adjacent to an activating group) is 1. The van der Waals surface area contributed by atoms with Crippen molar-refractivity contribution in [2.24, 2.45) is 0 Å². The van der Waals surface area contributed by atoms with Gasteiger partial charge in [0.25, 0.3) is 0 Å². The zero-order valence-corrected chi connectivity index (χ0v) is 13.2. The average Bonchev–Trinajstić information content (AvgIpc) is 2.39. The molecule has 0 saturated carbocycles. The van der Waals surface area contributed by atoms with E-state index in [2.05, 4.69) is 15.9 Å². The number of aliphatic hydroxyl groups excluding tert-OH is 1. The normalized spacial score (nSPS) is 12.2. The molecule has 1 aromatic carbocycles. The lowest BCUT2D eigenvalue weighted by Gasteiger charge is -2.15. The average molecular weight is 348 g/mol. The molecule has 0 heterocycles. The molecule has 19 heavy (non-hydrogen) atoms. The molecular weight excluding hydrogens is 330 g/mol. The number of benzene rings is 1. The number of nitrogens with zero attached hydrogens (tertiary/aromatic N) is 1. The lowest BCUT2D eigenvalue weighted by Crippen LogP contribution is -2.29. The molecule has 0 saturated heterocycles. The number of aliphatic hydroxyl groups is 1. The van der Waals surface area contributed by atoms with Crippen LogP contribution in [0, 0.1) is 0 Å². The number of rotatable bonds is 7. The standard InChI is InChI=1S/C13H18BrNO3S/c1-15(8-9-16)13(17)3-2-10-19(18)12-6-4-11(14)5-7-12/h4-7,16H,2-3,8-10H2,1H3. The van der Waals surface area contributed by atoms with Crippen molar-refractivity contribution >= 4 is 32.6 Å². The summed E-state index contributed by atoms with van der Waals surface area (Å²) in [6.07, 6.45) is 0.941. The van der Waals surface area contributed by atoms with Crippen molar-refractivity contribution in [3.05, 3.63) is 28.7 Å². The summed E-state index contributed by atoms with van der Waals surface area (Å²) >= 11 is 3.33. The van der Waals surface area contributed by atoms with Gasteiger partial charge in [-0.05, 0) is 30.7 Å². The van der Waals surface area contributed by atoms with Gasteiger partial charge in [0, 0.05) is 35.1 Å². The van der Waals surface area contributed by atoms with Crippen molar-refractivity contribution in [2.75, 3.05) is 26.0 Å². The molecule has 0 bridgehead atoms. The van der Waals surface area contributed by atoms with E-state index in [0.717, 1.165) is 9.37 Å². The van der Waals surface area contributed by atoms with Crippen molar-refractivity contribution in [1.29, 1.82) is 0 Å². The first kappa shape index (κ1) is 16.3. The summed E-state index contributed by atoms with van der Waals surface area (Å²) < 4.78 is 12.9. The van der Waals surface area contributed by atoms with Crippen molar-refractivity contribution in [3.8, 4) is 0 Å². The lowest BCUT2D eigenvalue weighted by molar-refractivity contribution is -0.130. The molecule has 1 rings (SSSR count). The topological polar surface area (TPSA) is 57.6 Å². The highest BCUT2D eigenvalue weighted by Gasteiger charge is 2.09. The van der Waals surface area contributed by atoms with E-state index < -0.39 is 10.8 Å². The van der Waals surface area contributed by atoms with E-state index in [9.17, 15) is 9.00 Å². The number of hydrogen-bond acceptors (Lipinski definition) is 3. The van der Waals surface area contributed by atoms with E-state index in [-0.39, 0.29) is 12.5 Å². The Labute approximate surface area is 124 Å². The number of halogens is 1. The molecule has 6 heteroatoms. The largest absolute Gasteiger partial charge is 0.395 e. The molecule has 0 spiro atoms. The van der Waals surface area contributed by atoms with Gasteiger partial charge in [-0.15, -0.1) is 0 Å². The fourth-order valence-corrected chi connectivity index (χ4v) is 2.87. The first-order valence-corrected chi connectivity index (χ1v) is 8.14. The van der Waals surface area contributed by atoms with Crippen LogP contribution in [0.25, 0.3) is 0 Å². The second kappa shape index (κ2) is 8.45. The van der Waals surface area contributed by atoms with E-state index in [1.807, 2.05) is 24.3 Å². The third-order valence-electron chi connectivity index (χ3n) is 2.66. The van der Waals surface area contributed by atoms with Gasteiger partial charge < -0.3 is 10.0 Å². The predicted molar refractivity (Wildman–Crippen MR) is 79.4 cm³/mol. The maximum absolute atomic E-state index is 12.0. The fraction of sp³-hybridized carbons (Fsp3) is 0.462. The maximum Gasteiger partial charge on any atom is 0.222 e. The van der Waals surface area contributed by atoms with Gasteiger partial charge >= 0.3 is 0 Å². The van der Waals surface area contributed by atoms with Crippen LogP contribution in [0.2, 0.25) is 0 Å². The van der Waals surface area contributed by atoms with Crippen LogP contribution in [0.3, 0.4) is 0 Å². The Morgan fingerprint density at radius 2 is 2.00 bits per heavy atom. The van der Waals surface area contributed by atoms with E-state index in [4.69, 9.17) is 5.11 Å². The minimum absolute atomic E-state index is 0.0261. The Morgan fingerprint density at radius 1 is 1.37 bits per heavy atom. The molecule has 0 aliphatic heterocycles. The molecule has 1 N–H and O–H groups in total. The van der Waals surface area contributed by atoms with Crippen molar-refractivity contribution < 1.29 is 14.1 Å². The Kier molecular flexibility index (Phi) is 7.27. The van der Waals surface area contributed by atoms with Crippen LogP contribution in [0.1, 0.15) is 12.8 Å². The van der Waals surface area contributed by atoms with Gasteiger partial charge in [0.2, 0.25) is 5.91 Å². The number of carbonyl (C=O) groups excluding carboxylic acids is 1. The van der Waals surface area contributed by atoms with Crippen LogP contribution >= 0.6 is 15.9 Å². The van der Waals surface area contributed by atoms with Gasteiger partial charge in [0.1, 0.15) is 0 Å². The summed E-state index contributed by atoms with van der Waals surface area (Å²) in [7, 11) is 0.591. The van der Waals surface area contributed by atoms with Crippen molar-refractivity contribution in [3.63, 3.8) is 0 Å². The van der Waals surface area contributed by atoms with Gasteiger partial charge in [0.05, 0.1) is 17.4 Å². The van der Waals surface area contributed by atoms with Crippen LogP contribution in [0.4, 0.5) is 0 Å². The zero-order chi connectivity index (χ0) is 14.3. The monoisotopic (exact) mass is 347 g/mol. The third kappa shape index (κ3) is 5.84. The lowest BCUT2D eigenvalue weighted by atomic mass is 10.3. The summed E-state index contributed by atoms with van der Waals surface area (Å²) in [5.41, 5.74) is 0. The molecule has 1 amide bonds. The summed E-state index contributed by atoms with van der Waals surface area (Å²) in [6, 6.07) is 7.35. The maximum atomic E-state index is 12.0. The molecule has 0 fully saturated rings. The molecule has 106 valence electrons. The molecule has 0 aliphatic rings. The Hall–Kier alpha value is -0.720. The summed E-state index contributed by atoms with van der Waals surface area (Å²) in [4.78, 5) is 13.9. The van der Waals surface area contributed by atoms with Gasteiger partial charge in [-0.25, -0.2) is 0 Å². The molecule has 4 nitrogen and oxygen atoms in total. The minimum Gasteiger partial charge on any atom is -0.395 e. The molecule has 0 aliphatic carbocycles. The smallest absolute Gasteiger partial charge is 0.222 e. The van der Waals surface area contributed by atoms with E-state index >= 15 is 0 Å². The Morgan fingerprint density at radius 3 is 2.58 bits per heavy atom. The van der Waals surface area contributed by atoms with Gasteiger partial charge in [-0.2, -0.15) is 0 Å². The van der Waals surface area contributed by atoms with Crippen molar-refractivity contribution in [1.82, 2.24) is 4.90 Å². The summed E-state index contributed by atoms with van der Waals surface area (Å²) in [5, 5.41) is 8.72. The number of hydrogen-bond donors (Lipinski definition) is 1. The SMILES string of the molecule is CN(CCO)C(=O)CCCS(=O)c1ccc(Br)cc1. The van der Waals surface area contributed by atoms with Gasteiger partial charge in [0.15, 0.2) is 0 Å². The Bertz CT molecular complexity index is 436. The predicted octanol–water partition coefficient (Wildman–Crippen LogP) is 1.79. The summed E-state index contributed by atoms with van der Waals surface area (Å²) in [5.74, 6) is 0.446. The van der Waals surface area contributed by atoms with Gasteiger partial charge in [-0.1, -0.05) is 15.9 Å². The molecule has 1 unspecified atom stereocenters. The highest BCUT2D eigenvalue weighted by molar-refractivity contribution is 9.10. The van der Waals surface area contributed by atoms with Crippen LogP contribution in [-0.2, 0) is 15.6 Å². The van der Waals surface area contributed by atoms with Crippen LogP contribution < -0.4 is 0 Å².